The van der Waals surface area contributed by atoms with Gasteiger partial charge in [-0.25, -0.2) is 13.6 Å². The lowest BCUT2D eigenvalue weighted by atomic mass is 10.0. The first-order valence-corrected chi connectivity index (χ1v) is 8.87. The average Bonchev–Trinajstić information content (AvgIpc) is 2.63. The number of carboxylic acid groups (broad SMARTS) is 1. The maximum Gasteiger partial charge on any atom is 0.341 e. The Hall–Kier alpha value is -3.26. The molecule has 1 heterocycles. The van der Waals surface area contributed by atoms with Crippen molar-refractivity contribution in [3.8, 4) is 0 Å². The van der Waals surface area contributed by atoms with Crippen LogP contribution >= 0.6 is 11.6 Å². The van der Waals surface area contributed by atoms with Crippen molar-refractivity contribution in [2.45, 2.75) is 19.4 Å². The molecule has 1 unspecified atom stereocenters. The fraction of sp³-hybridized carbons (Fsp3) is 0.150. The van der Waals surface area contributed by atoms with Crippen molar-refractivity contribution in [2.24, 2.45) is 0 Å². The molecule has 0 aliphatic carbocycles. The Morgan fingerprint density at radius 1 is 1.21 bits per heavy atom. The van der Waals surface area contributed by atoms with Crippen molar-refractivity contribution in [3.63, 3.8) is 0 Å². The lowest BCUT2D eigenvalue weighted by Gasteiger charge is -2.17. The van der Waals surface area contributed by atoms with Crippen molar-refractivity contribution in [2.75, 3.05) is 0 Å². The normalized spacial score (nSPS) is 12.0. The number of rotatable bonds is 5. The van der Waals surface area contributed by atoms with Crippen molar-refractivity contribution < 1.29 is 23.5 Å². The number of benzene rings is 2. The van der Waals surface area contributed by atoms with Crippen LogP contribution in [0.4, 0.5) is 8.78 Å². The predicted octanol–water partition coefficient (Wildman–Crippen LogP) is 3.58. The minimum atomic E-state index is -1.39. The van der Waals surface area contributed by atoms with Crippen molar-refractivity contribution >= 4 is 34.4 Å². The molecule has 0 fully saturated rings. The second-order valence-electron chi connectivity index (χ2n) is 6.44. The second kappa shape index (κ2) is 8.00. The van der Waals surface area contributed by atoms with Gasteiger partial charge in [0.05, 0.1) is 18.0 Å². The van der Waals surface area contributed by atoms with Crippen molar-refractivity contribution in [1.82, 2.24) is 10.3 Å². The fourth-order valence-electron chi connectivity index (χ4n) is 3.04. The van der Waals surface area contributed by atoms with Gasteiger partial charge in [0.25, 0.3) is 5.56 Å². The van der Waals surface area contributed by atoms with E-state index in [1.807, 2.05) is 0 Å². The van der Waals surface area contributed by atoms with Gasteiger partial charge in [-0.15, -0.1) is 0 Å². The molecule has 1 atom stereocenters. The lowest BCUT2D eigenvalue weighted by molar-refractivity contribution is -0.121. The summed E-state index contributed by atoms with van der Waals surface area (Å²) in [7, 11) is 0. The number of aromatic amines is 1. The van der Waals surface area contributed by atoms with E-state index in [4.69, 9.17) is 16.7 Å². The fourth-order valence-corrected chi connectivity index (χ4v) is 3.28. The summed E-state index contributed by atoms with van der Waals surface area (Å²) in [6.07, 6.45) is -0.513. The maximum absolute atomic E-state index is 13.8. The van der Waals surface area contributed by atoms with Gasteiger partial charge in [-0.2, -0.15) is 0 Å². The zero-order valence-electron chi connectivity index (χ0n) is 15.1. The molecular formula is C20H15ClF2N2O4. The van der Waals surface area contributed by atoms with Crippen LogP contribution in [0.25, 0.3) is 10.9 Å². The Kier molecular flexibility index (Phi) is 5.65. The van der Waals surface area contributed by atoms with Crippen LogP contribution < -0.4 is 10.9 Å². The van der Waals surface area contributed by atoms with Gasteiger partial charge in [-0.1, -0.05) is 17.7 Å². The van der Waals surface area contributed by atoms with E-state index in [0.717, 1.165) is 12.1 Å². The van der Waals surface area contributed by atoms with Crippen LogP contribution in [0.5, 0.6) is 0 Å². The number of carboxylic acids is 1. The van der Waals surface area contributed by atoms with Gasteiger partial charge in [0.2, 0.25) is 5.91 Å². The van der Waals surface area contributed by atoms with Crippen LogP contribution in [0.2, 0.25) is 5.02 Å². The van der Waals surface area contributed by atoms with Crippen molar-refractivity contribution in [1.29, 1.82) is 0 Å². The first-order chi connectivity index (χ1) is 13.7. The number of H-pyrrole nitrogens is 1. The third-order valence-corrected chi connectivity index (χ3v) is 4.64. The molecule has 3 N–H and O–H groups in total. The summed E-state index contributed by atoms with van der Waals surface area (Å²) in [5.74, 6) is -3.68. The smallest absolute Gasteiger partial charge is 0.341 e. The maximum atomic E-state index is 13.8. The molecule has 0 saturated carbocycles. The lowest BCUT2D eigenvalue weighted by Crippen LogP contribution is -2.29. The van der Waals surface area contributed by atoms with E-state index in [1.54, 1.807) is 6.92 Å². The Balaban J connectivity index is 1.93. The van der Waals surface area contributed by atoms with Gasteiger partial charge in [-0.05, 0) is 42.8 Å². The Bertz CT molecular complexity index is 1170. The van der Waals surface area contributed by atoms with Gasteiger partial charge in [0.1, 0.15) is 17.2 Å². The number of fused-ring (bicyclic) bond motifs is 1. The standard InChI is InChI=1S/C20H15ClF2N2O4/c1-9(24-17(26)8-13-15(22)3-2-4-16(13)23)12-7-11(21)5-10-6-14(20(28)29)19(27)25-18(10)12/h2-7,9H,8H2,1H3,(H,24,26)(H,25,27)(H,28,29). The van der Waals surface area contributed by atoms with E-state index in [2.05, 4.69) is 10.3 Å². The molecule has 0 spiro atoms. The molecule has 0 aliphatic heterocycles. The number of amides is 1. The molecule has 2 aromatic carbocycles. The summed E-state index contributed by atoms with van der Waals surface area (Å²) < 4.78 is 27.5. The minimum Gasteiger partial charge on any atom is -0.477 e. The number of pyridine rings is 1. The highest BCUT2D eigenvalue weighted by molar-refractivity contribution is 6.31. The highest BCUT2D eigenvalue weighted by Gasteiger charge is 2.19. The van der Waals surface area contributed by atoms with E-state index in [9.17, 15) is 23.2 Å². The van der Waals surface area contributed by atoms with E-state index < -0.39 is 47.1 Å². The molecule has 29 heavy (non-hydrogen) atoms. The number of halogens is 3. The summed E-state index contributed by atoms with van der Waals surface area (Å²) >= 11 is 6.10. The molecule has 0 bridgehead atoms. The van der Waals surface area contributed by atoms with Crippen LogP contribution in [0.15, 0.2) is 41.2 Å². The zero-order chi connectivity index (χ0) is 21.3. The molecule has 3 rings (SSSR count). The van der Waals surface area contributed by atoms with E-state index in [1.165, 1.54) is 24.3 Å². The summed E-state index contributed by atoms with van der Waals surface area (Å²) in [6.45, 7) is 1.60. The average molecular weight is 421 g/mol. The molecule has 0 radical (unpaired) electrons. The van der Waals surface area contributed by atoms with Crippen LogP contribution in [0.3, 0.4) is 0 Å². The van der Waals surface area contributed by atoms with Gasteiger partial charge in [-0.3, -0.25) is 9.59 Å². The molecule has 9 heteroatoms. The Morgan fingerprint density at radius 3 is 2.48 bits per heavy atom. The Labute approximate surface area is 168 Å². The molecular weight excluding hydrogens is 406 g/mol. The summed E-state index contributed by atoms with van der Waals surface area (Å²) in [5, 5.41) is 12.3. The number of nitrogens with one attached hydrogen (secondary N) is 2. The second-order valence-corrected chi connectivity index (χ2v) is 6.88. The summed E-state index contributed by atoms with van der Waals surface area (Å²) in [4.78, 5) is 38.0. The van der Waals surface area contributed by atoms with Gasteiger partial charge in [0.15, 0.2) is 0 Å². The third-order valence-electron chi connectivity index (χ3n) is 4.42. The summed E-state index contributed by atoms with van der Waals surface area (Å²) in [6, 6.07) is 6.81. The molecule has 0 aliphatic rings. The molecule has 1 aromatic heterocycles. The molecule has 1 amide bonds. The van der Waals surface area contributed by atoms with Crippen LogP contribution in [0, 0.1) is 11.6 Å². The van der Waals surface area contributed by atoms with Gasteiger partial charge < -0.3 is 15.4 Å². The van der Waals surface area contributed by atoms with Crippen LogP contribution in [-0.4, -0.2) is 22.0 Å². The first kappa shape index (κ1) is 20.5. The van der Waals surface area contributed by atoms with Crippen molar-refractivity contribution in [3.05, 3.63) is 80.1 Å². The molecule has 150 valence electrons. The van der Waals surface area contributed by atoms with E-state index >= 15 is 0 Å². The van der Waals surface area contributed by atoms with E-state index in [-0.39, 0.29) is 10.6 Å². The first-order valence-electron chi connectivity index (χ1n) is 8.49. The number of aromatic nitrogens is 1. The predicted molar refractivity (Wildman–Crippen MR) is 103 cm³/mol. The minimum absolute atomic E-state index is 0.261. The third kappa shape index (κ3) is 4.27. The largest absolute Gasteiger partial charge is 0.477 e. The SMILES string of the molecule is CC(NC(=O)Cc1c(F)cccc1F)c1cc(Cl)cc2cc(C(=O)O)c(=O)[nH]c12. The van der Waals surface area contributed by atoms with Crippen LogP contribution in [-0.2, 0) is 11.2 Å². The molecule has 3 aromatic rings. The van der Waals surface area contributed by atoms with E-state index in [0.29, 0.717) is 16.5 Å². The highest BCUT2D eigenvalue weighted by Crippen LogP contribution is 2.27. The number of carbonyl (C=O) groups excluding carboxylic acids is 1. The number of hydrogen-bond donors (Lipinski definition) is 3. The Morgan fingerprint density at radius 2 is 1.86 bits per heavy atom. The zero-order valence-corrected chi connectivity index (χ0v) is 15.8. The molecule has 0 saturated heterocycles. The number of hydrogen-bond acceptors (Lipinski definition) is 3. The quantitative estimate of drug-likeness (QED) is 0.587. The number of carbonyl (C=O) groups is 2. The monoisotopic (exact) mass is 420 g/mol. The van der Waals surface area contributed by atoms with Crippen LogP contribution in [0.1, 0.15) is 34.5 Å². The topological polar surface area (TPSA) is 99.3 Å². The van der Waals surface area contributed by atoms with Gasteiger partial charge in [0, 0.05) is 16.0 Å². The number of aromatic carboxylic acids is 1. The molecule has 6 nitrogen and oxygen atoms in total. The van der Waals surface area contributed by atoms with Gasteiger partial charge >= 0.3 is 5.97 Å². The highest BCUT2D eigenvalue weighted by atomic mass is 35.5. The summed E-state index contributed by atoms with van der Waals surface area (Å²) in [5.41, 5.74) is -0.885.